The molecule has 1 amide bonds. The standard InChI is InChI=1S/C9H13NO3/c1-2-5-10-6-7(9(12)13)3-4-8(10)11/h2,7H,1,3-6H2,(H,12,13)/t7-/m1/s1. The van der Waals surface area contributed by atoms with Crippen molar-refractivity contribution in [2.45, 2.75) is 12.8 Å². The van der Waals surface area contributed by atoms with Crippen LogP contribution in [0.1, 0.15) is 12.8 Å². The molecular weight excluding hydrogens is 170 g/mol. The Kier molecular flexibility index (Phi) is 3.06. The molecule has 0 aromatic carbocycles. The first kappa shape index (κ1) is 9.77. The maximum atomic E-state index is 11.2. The van der Waals surface area contributed by atoms with Crippen molar-refractivity contribution in [1.82, 2.24) is 4.90 Å². The van der Waals surface area contributed by atoms with Gasteiger partial charge in [-0.25, -0.2) is 0 Å². The second-order valence-electron chi connectivity index (χ2n) is 3.16. The van der Waals surface area contributed by atoms with Gasteiger partial charge in [0.05, 0.1) is 5.92 Å². The molecule has 4 nitrogen and oxygen atoms in total. The molecular formula is C9H13NO3. The van der Waals surface area contributed by atoms with Crippen molar-refractivity contribution < 1.29 is 14.7 Å². The van der Waals surface area contributed by atoms with E-state index in [1.807, 2.05) is 0 Å². The summed E-state index contributed by atoms with van der Waals surface area (Å²) in [4.78, 5) is 23.4. The van der Waals surface area contributed by atoms with E-state index >= 15 is 0 Å². The highest BCUT2D eigenvalue weighted by molar-refractivity contribution is 5.80. The smallest absolute Gasteiger partial charge is 0.308 e. The van der Waals surface area contributed by atoms with E-state index in [0.29, 0.717) is 25.9 Å². The maximum Gasteiger partial charge on any atom is 0.308 e. The van der Waals surface area contributed by atoms with Crippen LogP contribution < -0.4 is 0 Å². The van der Waals surface area contributed by atoms with E-state index in [-0.39, 0.29) is 5.91 Å². The van der Waals surface area contributed by atoms with Gasteiger partial charge in [0.15, 0.2) is 0 Å². The number of carboxylic acids is 1. The van der Waals surface area contributed by atoms with E-state index < -0.39 is 11.9 Å². The molecule has 0 aromatic heterocycles. The van der Waals surface area contributed by atoms with Crippen LogP contribution in [0.4, 0.5) is 0 Å². The summed E-state index contributed by atoms with van der Waals surface area (Å²) < 4.78 is 0. The van der Waals surface area contributed by atoms with Crippen molar-refractivity contribution in [2.75, 3.05) is 13.1 Å². The van der Waals surface area contributed by atoms with E-state index in [1.165, 1.54) is 4.90 Å². The Balaban J connectivity index is 2.57. The average molecular weight is 183 g/mol. The highest BCUT2D eigenvalue weighted by Gasteiger charge is 2.28. The Morgan fingerprint density at radius 3 is 3.00 bits per heavy atom. The second kappa shape index (κ2) is 4.07. The summed E-state index contributed by atoms with van der Waals surface area (Å²) in [6, 6.07) is 0. The summed E-state index contributed by atoms with van der Waals surface area (Å²) in [6.45, 7) is 4.28. The van der Waals surface area contributed by atoms with E-state index in [9.17, 15) is 9.59 Å². The first-order valence-corrected chi connectivity index (χ1v) is 4.26. The molecule has 1 aliphatic heterocycles. The van der Waals surface area contributed by atoms with Crippen molar-refractivity contribution in [3.63, 3.8) is 0 Å². The minimum Gasteiger partial charge on any atom is -0.481 e. The molecule has 0 radical (unpaired) electrons. The van der Waals surface area contributed by atoms with Gasteiger partial charge in [-0.15, -0.1) is 6.58 Å². The van der Waals surface area contributed by atoms with E-state index in [4.69, 9.17) is 5.11 Å². The zero-order valence-corrected chi connectivity index (χ0v) is 7.40. The number of likely N-dealkylation sites (tertiary alicyclic amines) is 1. The van der Waals surface area contributed by atoms with Crippen molar-refractivity contribution in [3.05, 3.63) is 12.7 Å². The fourth-order valence-corrected chi connectivity index (χ4v) is 1.45. The number of carboxylic acid groups (broad SMARTS) is 1. The zero-order valence-electron chi connectivity index (χ0n) is 7.40. The van der Waals surface area contributed by atoms with E-state index in [2.05, 4.69) is 6.58 Å². The lowest BCUT2D eigenvalue weighted by atomic mass is 9.98. The number of hydrogen-bond acceptors (Lipinski definition) is 2. The van der Waals surface area contributed by atoms with Gasteiger partial charge in [0.2, 0.25) is 5.91 Å². The molecule has 0 bridgehead atoms. The highest BCUT2D eigenvalue weighted by Crippen LogP contribution is 2.17. The van der Waals surface area contributed by atoms with Crippen LogP contribution in [-0.2, 0) is 9.59 Å². The molecule has 13 heavy (non-hydrogen) atoms. The highest BCUT2D eigenvalue weighted by atomic mass is 16.4. The number of nitrogens with zero attached hydrogens (tertiary/aromatic N) is 1. The van der Waals surface area contributed by atoms with Gasteiger partial charge in [-0.2, -0.15) is 0 Å². The van der Waals surface area contributed by atoms with Crippen molar-refractivity contribution in [3.8, 4) is 0 Å². The molecule has 1 N–H and O–H groups in total. The normalized spacial score (nSPS) is 22.9. The molecule has 0 aromatic rings. The summed E-state index contributed by atoms with van der Waals surface area (Å²) in [5.74, 6) is -1.20. The van der Waals surface area contributed by atoms with Gasteiger partial charge in [0.1, 0.15) is 0 Å². The number of piperidine rings is 1. The average Bonchev–Trinajstić information content (AvgIpc) is 2.08. The monoisotopic (exact) mass is 183 g/mol. The van der Waals surface area contributed by atoms with Crippen LogP contribution in [-0.4, -0.2) is 35.0 Å². The van der Waals surface area contributed by atoms with Crippen LogP contribution in [0.15, 0.2) is 12.7 Å². The van der Waals surface area contributed by atoms with Crippen molar-refractivity contribution >= 4 is 11.9 Å². The molecule has 0 saturated carbocycles. The summed E-state index contributed by atoms with van der Waals surface area (Å²) in [6.07, 6.45) is 2.41. The van der Waals surface area contributed by atoms with Crippen LogP contribution >= 0.6 is 0 Å². The molecule has 1 fully saturated rings. The minimum absolute atomic E-state index is 0.0254. The number of hydrogen-bond donors (Lipinski definition) is 1. The number of amides is 1. The lowest BCUT2D eigenvalue weighted by molar-refractivity contribution is -0.147. The molecule has 0 spiro atoms. The van der Waals surface area contributed by atoms with E-state index in [1.54, 1.807) is 6.08 Å². The van der Waals surface area contributed by atoms with Gasteiger partial charge in [-0.05, 0) is 6.42 Å². The quantitative estimate of drug-likeness (QED) is 0.648. The number of carbonyl (C=O) groups is 2. The van der Waals surface area contributed by atoms with Crippen molar-refractivity contribution in [2.24, 2.45) is 5.92 Å². The third-order valence-electron chi connectivity index (χ3n) is 2.20. The van der Waals surface area contributed by atoms with Crippen LogP contribution in [0.5, 0.6) is 0 Å². The SMILES string of the molecule is C=CCN1C[C@H](C(=O)O)CCC1=O. The molecule has 72 valence electrons. The first-order chi connectivity index (χ1) is 6.15. The Labute approximate surface area is 76.8 Å². The van der Waals surface area contributed by atoms with Gasteiger partial charge in [-0.3, -0.25) is 9.59 Å². The summed E-state index contributed by atoms with van der Waals surface area (Å²) in [5, 5.41) is 8.75. The van der Waals surface area contributed by atoms with Gasteiger partial charge in [0, 0.05) is 19.5 Å². The van der Waals surface area contributed by atoms with Crippen LogP contribution in [0.2, 0.25) is 0 Å². The second-order valence-corrected chi connectivity index (χ2v) is 3.16. The van der Waals surface area contributed by atoms with Crippen LogP contribution in [0, 0.1) is 5.92 Å². The van der Waals surface area contributed by atoms with Gasteiger partial charge < -0.3 is 10.0 Å². The molecule has 1 heterocycles. The van der Waals surface area contributed by atoms with Gasteiger partial charge >= 0.3 is 5.97 Å². The Morgan fingerprint density at radius 1 is 1.77 bits per heavy atom. The minimum atomic E-state index is -0.818. The molecule has 4 heteroatoms. The summed E-state index contributed by atoms with van der Waals surface area (Å²) in [7, 11) is 0. The Bertz CT molecular complexity index is 237. The Morgan fingerprint density at radius 2 is 2.46 bits per heavy atom. The van der Waals surface area contributed by atoms with Gasteiger partial charge in [-0.1, -0.05) is 6.08 Å². The molecule has 1 aliphatic rings. The predicted octanol–water partition coefficient (Wildman–Crippen LogP) is 0.496. The topological polar surface area (TPSA) is 57.6 Å². The van der Waals surface area contributed by atoms with Crippen LogP contribution in [0.25, 0.3) is 0 Å². The largest absolute Gasteiger partial charge is 0.481 e. The molecule has 0 aliphatic carbocycles. The first-order valence-electron chi connectivity index (χ1n) is 4.26. The molecule has 1 rings (SSSR count). The summed E-state index contributed by atoms with van der Waals surface area (Å²) >= 11 is 0. The Hall–Kier alpha value is -1.32. The van der Waals surface area contributed by atoms with Crippen LogP contribution in [0.3, 0.4) is 0 Å². The van der Waals surface area contributed by atoms with Crippen molar-refractivity contribution in [1.29, 1.82) is 0 Å². The molecule has 1 atom stereocenters. The van der Waals surface area contributed by atoms with E-state index in [0.717, 1.165) is 0 Å². The third kappa shape index (κ3) is 2.31. The number of carbonyl (C=O) groups excluding carboxylic acids is 1. The fourth-order valence-electron chi connectivity index (χ4n) is 1.45. The number of rotatable bonds is 3. The third-order valence-corrected chi connectivity index (χ3v) is 2.20. The zero-order chi connectivity index (χ0) is 9.84. The lowest BCUT2D eigenvalue weighted by Crippen LogP contribution is -2.42. The maximum absolute atomic E-state index is 11.2. The molecule has 1 saturated heterocycles. The number of aliphatic carboxylic acids is 1. The fraction of sp³-hybridized carbons (Fsp3) is 0.556. The predicted molar refractivity (Wildman–Crippen MR) is 47.1 cm³/mol. The van der Waals surface area contributed by atoms with Gasteiger partial charge in [0.25, 0.3) is 0 Å². The summed E-state index contributed by atoms with van der Waals surface area (Å²) in [5.41, 5.74) is 0. The molecule has 0 unspecified atom stereocenters. The lowest BCUT2D eigenvalue weighted by Gasteiger charge is -2.29.